The fourth-order valence-electron chi connectivity index (χ4n) is 1.39. The van der Waals surface area contributed by atoms with E-state index in [2.05, 4.69) is 5.32 Å². The molecule has 0 heterocycles. The molecule has 7 nitrogen and oxygen atoms in total. The van der Waals surface area contributed by atoms with E-state index in [0.717, 1.165) is 0 Å². The third-order valence-corrected chi connectivity index (χ3v) is 4.50. The highest BCUT2D eigenvalue weighted by Crippen LogP contribution is 2.14. The van der Waals surface area contributed by atoms with Crippen molar-refractivity contribution >= 4 is 33.3 Å². The molecule has 0 aliphatic rings. The summed E-state index contributed by atoms with van der Waals surface area (Å²) in [5.41, 5.74) is 0.615. The zero-order valence-electron chi connectivity index (χ0n) is 11.3. The maximum absolute atomic E-state index is 11.9. The molecule has 0 bridgehead atoms. The number of carbonyl (C=O) groups is 1. The van der Waals surface area contributed by atoms with Crippen molar-refractivity contribution in [3.05, 3.63) is 24.3 Å². The lowest BCUT2D eigenvalue weighted by Gasteiger charge is -2.12. The molecule has 0 saturated carbocycles. The van der Waals surface area contributed by atoms with Crippen LogP contribution in [0.4, 0.5) is 5.69 Å². The predicted molar refractivity (Wildman–Crippen MR) is 79.1 cm³/mol. The van der Waals surface area contributed by atoms with Crippen molar-refractivity contribution in [1.29, 1.82) is 0 Å². The van der Waals surface area contributed by atoms with Crippen LogP contribution in [0.5, 0.6) is 0 Å². The highest BCUT2D eigenvalue weighted by atomic mass is 35.5. The first-order valence-electron chi connectivity index (χ1n) is 6.09. The molecule has 118 valence electrons. The van der Waals surface area contributed by atoms with Crippen LogP contribution >= 0.6 is 11.6 Å². The van der Waals surface area contributed by atoms with Crippen LogP contribution in [0.15, 0.2) is 29.2 Å². The molecule has 1 aromatic carbocycles. The molecule has 2 atom stereocenters. The molecule has 9 heteroatoms. The van der Waals surface area contributed by atoms with E-state index in [1.165, 1.54) is 31.2 Å². The van der Waals surface area contributed by atoms with Crippen molar-refractivity contribution < 1.29 is 23.4 Å². The lowest BCUT2D eigenvalue weighted by Crippen LogP contribution is -2.38. The molecule has 2 unspecified atom stereocenters. The summed E-state index contributed by atoms with van der Waals surface area (Å²) in [6.07, 6.45) is -0.701. The molecular weight excluding hydrogens is 320 g/mol. The Bertz CT molecular complexity index is 576. The van der Waals surface area contributed by atoms with Crippen LogP contribution < -0.4 is 10.0 Å². The van der Waals surface area contributed by atoms with Crippen molar-refractivity contribution in [3.63, 3.8) is 0 Å². The van der Waals surface area contributed by atoms with Crippen molar-refractivity contribution in [1.82, 2.24) is 4.72 Å². The van der Waals surface area contributed by atoms with Gasteiger partial charge in [0, 0.05) is 12.2 Å². The molecule has 0 radical (unpaired) electrons. The van der Waals surface area contributed by atoms with Gasteiger partial charge in [0.2, 0.25) is 10.0 Å². The van der Waals surface area contributed by atoms with Crippen molar-refractivity contribution in [2.24, 2.45) is 0 Å². The number of hydrogen-bond acceptors (Lipinski definition) is 5. The molecule has 0 fully saturated rings. The summed E-state index contributed by atoms with van der Waals surface area (Å²) in [5, 5.41) is 20.9. The van der Waals surface area contributed by atoms with Crippen LogP contribution in [0.1, 0.15) is 6.92 Å². The molecule has 0 aliphatic carbocycles. The van der Waals surface area contributed by atoms with Crippen molar-refractivity contribution in [2.75, 3.05) is 17.7 Å². The highest BCUT2D eigenvalue weighted by Gasteiger charge is 2.21. The number of rotatable bonds is 8. The van der Waals surface area contributed by atoms with Gasteiger partial charge in [-0.2, -0.15) is 4.72 Å². The van der Waals surface area contributed by atoms with E-state index in [-0.39, 0.29) is 17.3 Å². The summed E-state index contributed by atoms with van der Waals surface area (Å²) in [4.78, 5) is 10.6. The maximum Gasteiger partial charge on any atom is 0.321 e. The number of anilines is 1. The van der Waals surface area contributed by atoms with Crippen LogP contribution in [0.3, 0.4) is 0 Å². The average molecular weight is 337 g/mol. The third-order valence-electron chi connectivity index (χ3n) is 2.59. The maximum atomic E-state index is 11.9. The number of hydrogen-bond donors (Lipinski definition) is 4. The van der Waals surface area contributed by atoms with E-state index in [4.69, 9.17) is 16.7 Å². The molecular formula is C12H17ClN2O5S. The van der Waals surface area contributed by atoms with Gasteiger partial charge in [-0.25, -0.2) is 8.42 Å². The molecule has 0 spiro atoms. The number of carboxylic acids is 1. The average Bonchev–Trinajstić information content (AvgIpc) is 2.44. The zero-order chi connectivity index (χ0) is 16.0. The van der Waals surface area contributed by atoms with Gasteiger partial charge in [0.05, 0.1) is 16.9 Å². The number of halogens is 1. The number of aliphatic hydroxyl groups is 1. The molecule has 0 aliphatic heterocycles. The van der Waals surface area contributed by atoms with Crippen LogP contribution in [0.2, 0.25) is 0 Å². The Hall–Kier alpha value is -1.35. The normalized spacial score (nSPS) is 14.4. The number of aliphatic hydroxyl groups excluding tert-OH is 1. The molecule has 21 heavy (non-hydrogen) atoms. The Labute approximate surface area is 128 Å². The first kappa shape index (κ1) is 17.7. The second-order valence-electron chi connectivity index (χ2n) is 4.39. The summed E-state index contributed by atoms with van der Waals surface area (Å²) in [7, 11) is -3.89. The minimum absolute atomic E-state index is 0.0426. The van der Waals surface area contributed by atoms with Gasteiger partial charge in [0.25, 0.3) is 0 Å². The Kier molecular flexibility index (Phi) is 6.41. The monoisotopic (exact) mass is 336 g/mol. The summed E-state index contributed by atoms with van der Waals surface area (Å²) >= 11 is 5.45. The van der Waals surface area contributed by atoms with Crippen LogP contribution in [-0.2, 0) is 14.8 Å². The number of benzene rings is 1. The summed E-state index contributed by atoms with van der Waals surface area (Å²) in [6, 6.07) is 4.49. The van der Waals surface area contributed by atoms with Gasteiger partial charge in [0.1, 0.15) is 6.04 Å². The second-order valence-corrected chi connectivity index (χ2v) is 6.42. The molecule has 1 aromatic rings. The fraction of sp³-hybridized carbons (Fsp3) is 0.417. The van der Waals surface area contributed by atoms with E-state index in [9.17, 15) is 18.3 Å². The Morgan fingerprint density at radius 3 is 2.38 bits per heavy atom. The minimum Gasteiger partial charge on any atom is -0.480 e. The lowest BCUT2D eigenvalue weighted by molar-refractivity contribution is -0.138. The first-order chi connectivity index (χ1) is 9.76. The molecule has 1 rings (SSSR count). The standard InChI is InChI=1S/C12H17ClN2O5S/c1-8(12(17)18)15-21(19,20)11-4-2-9(3-5-11)14-7-10(16)6-13/h2-5,8,10,14-16H,6-7H2,1H3,(H,17,18). The van der Waals surface area contributed by atoms with Gasteiger partial charge in [0.15, 0.2) is 0 Å². The number of carboxylic acid groups (broad SMARTS) is 1. The molecule has 0 aromatic heterocycles. The van der Waals surface area contributed by atoms with E-state index in [0.29, 0.717) is 5.69 Å². The van der Waals surface area contributed by atoms with E-state index < -0.39 is 28.1 Å². The van der Waals surface area contributed by atoms with Gasteiger partial charge in [-0.05, 0) is 31.2 Å². The van der Waals surface area contributed by atoms with E-state index in [1.54, 1.807) is 0 Å². The van der Waals surface area contributed by atoms with Gasteiger partial charge in [-0.15, -0.1) is 11.6 Å². The smallest absolute Gasteiger partial charge is 0.321 e. The van der Waals surface area contributed by atoms with Crippen LogP contribution in [0.25, 0.3) is 0 Å². The molecule has 0 saturated heterocycles. The van der Waals surface area contributed by atoms with E-state index in [1.807, 2.05) is 4.72 Å². The number of sulfonamides is 1. The second kappa shape index (κ2) is 7.60. The van der Waals surface area contributed by atoms with Gasteiger partial charge < -0.3 is 15.5 Å². The van der Waals surface area contributed by atoms with Crippen LogP contribution in [-0.4, -0.2) is 49.2 Å². The number of aliphatic carboxylic acids is 1. The third kappa shape index (κ3) is 5.50. The lowest BCUT2D eigenvalue weighted by atomic mass is 10.3. The Morgan fingerprint density at radius 2 is 1.90 bits per heavy atom. The fourth-order valence-corrected chi connectivity index (χ4v) is 2.70. The van der Waals surface area contributed by atoms with Crippen molar-refractivity contribution in [3.8, 4) is 0 Å². The molecule has 4 N–H and O–H groups in total. The van der Waals surface area contributed by atoms with E-state index >= 15 is 0 Å². The summed E-state index contributed by atoms with van der Waals surface area (Å²) < 4.78 is 25.9. The number of nitrogens with one attached hydrogen (secondary N) is 2. The summed E-state index contributed by atoms with van der Waals surface area (Å²) in [6.45, 7) is 1.48. The molecule has 0 amide bonds. The largest absolute Gasteiger partial charge is 0.480 e. The van der Waals surface area contributed by atoms with Crippen molar-refractivity contribution in [2.45, 2.75) is 24.0 Å². The quantitative estimate of drug-likeness (QED) is 0.512. The number of alkyl halides is 1. The van der Waals surface area contributed by atoms with Gasteiger partial charge in [-0.3, -0.25) is 4.79 Å². The topological polar surface area (TPSA) is 116 Å². The predicted octanol–water partition coefficient (Wildman–Crippen LogP) is 0.450. The highest BCUT2D eigenvalue weighted by molar-refractivity contribution is 7.89. The zero-order valence-corrected chi connectivity index (χ0v) is 12.9. The van der Waals surface area contributed by atoms with Gasteiger partial charge >= 0.3 is 5.97 Å². The minimum atomic E-state index is -3.89. The first-order valence-corrected chi connectivity index (χ1v) is 8.11. The summed E-state index contributed by atoms with van der Waals surface area (Å²) in [5.74, 6) is -1.16. The van der Waals surface area contributed by atoms with Crippen LogP contribution in [0, 0.1) is 0 Å². The SMILES string of the molecule is CC(NS(=O)(=O)c1ccc(NCC(O)CCl)cc1)C(=O)O. The Morgan fingerprint density at radius 1 is 1.33 bits per heavy atom. The Balaban J connectivity index is 2.75. The van der Waals surface area contributed by atoms with Gasteiger partial charge in [-0.1, -0.05) is 0 Å².